The van der Waals surface area contributed by atoms with Gasteiger partial charge in [-0.2, -0.15) is 0 Å². The summed E-state index contributed by atoms with van der Waals surface area (Å²) in [5.41, 5.74) is 7.22. The lowest BCUT2D eigenvalue weighted by Gasteiger charge is -2.16. The number of methoxy groups -OCH3 is 2. The van der Waals surface area contributed by atoms with Crippen molar-refractivity contribution in [1.82, 2.24) is 0 Å². The summed E-state index contributed by atoms with van der Waals surface area (Å²) in [7, 11) is 3.33. The first-order chi connectivity index (χ1) is 7.26. The first-order valence-electron chi connectivity index (χ1n) is 5.23. The van der Waals surface area contributed by atoms with E-state index in [-0.39, 0.29) is 18.4 Å². The predicted octanol–water partition coefficient (Wildman–Crippen LogP) is 2.54. The minimum atomic E-state index is 0. The second-order valence-corrected chi connectivity index (χ2v) is 3.97. The summed E-state index contributed by atoms with van der Waals surface area (Å²) < 4.78 is 10.5. The van der Waals surface area contributed by atoms with E-state index in [1.54, 1.807) is 14.2 Å². The Labute approximate surface area is 102 Å². The van der Waals surface area contributed by atoms with E-state index in [2.05, 4.69) is 0 Å². The van der Waals surface area contributed by atoms with E-state index in [1.165, 1.54) is 12.8 Å². The van der Waals surface area contributed by atoms with Gasteiger partial charge in [0.1, 0.15) is 11.5 Å². The third-order valence-corrected chi connectivity index (χ3v) is 2.93. The van der Waals surface area contributed by atoms with E-state index in [9.17, 15) is 0 Å². The van der Waals surface area contributed by atoms with E-state index < -0.39 is 0 Å². The lowest BCUT2D eigenvalue weighted by molar-refractivity contribution is 0.393. The van der Waals surface area contributed by atoms with Crippen molar-refractivity contribution >= 4 is 12.4 Å². The number of halogens is 1. The normalized spacial score (nSPS) is 16.2. The fourth-order valence-corrected chi connectivity index (χ4v) is 1.81. The highest BCUT2D eigenvalue weighted by Crippen LogP contribution is 2.42. The number of hydrogen-bond acceptors (Lipinski definition) is 3. The summed E-state index contributed by atoms with van der Waals surface area (Å²) in [5, 5.41) is 0. The fourth-order valence-electron chi connectivity index (χ4n) is 1.81. The molecule has 1 fully saturated rings. The largest absolute Gasteiger partial charge is 0.497 e. The molecule has 0 aliphatic heterocycles. The number of ether oxygens (including phenoxy) is 2. The quantitative estimate of drug-likeness (QED) is 0.884. The Kier molecular flexibility index (Phi) is 4.44. The van der Waals surface area contributed by atoms with Crippen LogP contribution in [-0.2, 0) is 0 Å². The van der Waals surface area contributed by atoms with Crippen molar-refractivity contribution in [1.29, 1.82) is 0 Å². The average Bonchev–Trinajstić information content (AvgIpc) is 3.11. The molecule has 0 bridgehead atoms. The third-order valence-electron chi connectivity index (χ3n) is 2.93. The smallest absolute Gasteiger partial charge is 0.123 e. The highest BCUT2D eigenvalue weighted by molar-refractivity contribution is 5.85. The average molecular weight is 244 g/mol. The summed E-state index contributed by atoms with van der Waals surface area (Å²) in [6.07, 6.45) is 2.45. The molecule has 1 saturated carbocycles. The zero-order chi connectivity index (χ0) is 10.8. The van der Waals surface area contributed by atoms with Crippen LogP contribution in [0, 0.1) is 5.92 Å². The topological polar surface area (TPSA) is 44.5 Å². The summed E-state index contributed by atoms with van der Waals surface area (Å²) >= 11 is 0. The molecule has 0 heterocycles. The van der Waals surface area contributed by atoms with Crippen molar-refractivity contribution in [2.24, 2.45) is 11.7 Å². The van der Waals surface area contributed by atoms with Gasteiger partial charge in [-0.25, -0.2) is 0 Å². The Morgan fingerprint density at radius 2 is 1.94 bits per heavy atom. The maximum absolute atomic E-state index is 6.16. The summed E-state index contributed by atoms with van der Waals surface area (Å²) in [6, 6.07) is 5.86. The minimum Gasteiger partial charge on any atom is -0.497 e. The van der Waals surface area contributed by atoms with Crippen LogP contribution in [0.2, 0.25) is 0 Å². The van der Waals surface area contributed by atoms with Crippen LogP contribution in [0.25, 0.3) is 0 Å². The van der Waals surface area contributed by atoms with Crippen molar-refractivity contribution in [3.8, 4) is 11.5 Å². The molecule has 1 aliphatic rings. The van der Waals surface area contributed by atoms with Gasteiger partial charge in [-0.05, 0) is 37.0 Å². The van der Waals surface area contributed by atoms with Crippen molar-refractivity contribution in [2.75, 3.05) is 14.2 Å². The second-order valence-electron chi connectivity index (χ2n) is 3.97. The molecule has 1 aliphatic carbocycles. The maximum atomic E-state index is 6.16. The van der Waals surface area contributed by atoms with Gasteiger partial charge in [0.2, 0.25) is 0 Å². The monoisotopic (exact) mass is 243 g/mol. The molecule has 2 rings (SSSR count). The van der Waals surface area contributed by atoms with E-state index in [0.29, 0.717) is 5.92 Å². The Morgan fingerprint density at radius 1 is 1.25 bits per heavy atom. The number of rotatable bonds is 4. The number of benzene rings is 1. The van der Waals surface area contributed by atoms with E-state index in [0.717, 1.165) is 17.1 Å². The molecular weight excluding hydrogens is 226 g/mol. The summed E-state index contributed by atoms with van der Waals surface area (Å²) in [6.45, 7) is 0. The molecule has 90 valence electrons. The van der Waals surface area contributed by atoms with E-state index in [4.69, 9.17) is 15.2 Å². The molecule has 1 aromatic carbocycles. The highest BCUT2D eigenvalue weighted by atomic mass is 35.5. The van der Waals surface area contributed by atoms with Gasteiger partial charge in [0, 0.05) is 11.6 Å². The zero-order valence-electron chi connectivity index (χ0n) is 9.60. The van der Waals surface area contributed by atoms with Gasteiger partial charge < -0.3 is 15.2 Å². The van der Waals surface area contributed by atoms with Crippen LogP contribution in [-0.4, -0.2) is 14.2 Å². The van der Waals surface area contributed by atoms with Crippen LogP contribution in [0.1, 0.15) is 24.4 Å². The molecule has 2 N–H and O–H groups in total. The Hall–Kier alpha value is -0.930. The number of hydrogen-bond donors (Lipinski definition) is 1. The van der Waals surface area contributed by atoms with Gasteiger partial charge in [-0.3, -0.25) is 0 Å². The molecule has 0 amide bonds. The van der Waals surface area contributed by atoms with Gasteiger partial charge in [0.15, 0.2) is 0 Å². The van der Waals surface area contributed by atoms with Gasteiger partial charge in [0.05, 0.1) is 14.2 Å². The van der Waals surface area contributed by atoms with E-state index in [1.807, 2.05) is 18.2 Å². The first kappa shape index (κ1) is 13.1. The Balaban J connectivity index is 0.00000128. The van der Waals surface area contributed by atoms with Gasteiger partial charge >= 0.3 is 0 Å². The van der Waals surface area contributed by atoms with Gasteiger partial charge in [0.25, 0.3) is 0 Å². The molecular formula is C12H18ClNO2. The van der Waals surface area contributed by atoms with Gasteiger partial charge in [-0.15, -0.1) is 12.4 Å². The Morgan fingerprint density at radius 3 is 2.44 bits per heavy atom. The molecule has 0 unspecified atom stereocenters. The van der Waals surface area contributed by atoms with Crippen LogP contribution in [0.3, 0.4) is 0 Å². The third kappa shape index (κ3) is 2.60. The fraction of sp³-hybridized carbons (Fsp3) is 0.500. The maximum Gasteiger partial charge on any atom is 0.123 e. The summed E-state index contributed by atoms with van der Waals surface area (Å²) in [4.78, 5) is 0. The van der Waals surface area contributed by atoms with Crippen LogP contribution >= 0.6 is 12.4 Å². The molecule has 16 heavy (non-hydrogen) atoms. The SMILES string of the molecule is COc1ccc(OC)c([C@H](N)C2CC2)c1.Cl. The van der Waals surface area contributed by atoms with Crippen LogP contribution < -0.4 is 15.2 Å². The Bertz CT molecular complexity index is 353. The predicted molar refractivity (Wildman–Crippen MR) is 66.4 cm³/mol. The molecule has 0 aromatic heterocycles. The molecule has 3 nitrogen and oxygen atoms in total. The van der Waals surface area contributed by atoms with Crippen molar-refractivity contribution in [3.63, 3.8) is 0 Å². The lowest BCUT2D eigenvalue weighted by Crippen LogP contribution is -2.13. The highest BCUT2D eigenvalue weighted by Gasteiger charge is 2.31. The zero-order valence-corrected chi connectivity index (χ0v) is 10.4. The van der Waals surface area contributed by atoms with Crippen molar-refractivity contribution in [2.45, 2.75) is 18.9 Å². The molecule has 4 heteroatoms. The minimum absolute atomic E-state index is 0. The van der Waals surface area contributed by atoms with Gasteiger partial charge in [-0.1, -0.05) is 0 Å². The molecule has 1 atom stereocenters. The standard InChI is InChI=1S/C12H17NO2.ClH/c1-14-9-5-6-11(15-2)10(7-9)12(13)8-3-4-8;/h5-8,12H,3-4,13H2,1-2H3;1H/t12-;/m1./s1. The number of nitrogens with two attached hydrogens (primary N) is 1. The van der Waals surface area contributed by atoms with Crippen molar-refractivity contribution < 1.29 is 9.47 Å². The van der Waals surface area contributed by atoms with Crippen LogP contribution in [0.4, 0.5) is 0 Å². The summed E-state index contributed by atoms with van der Waals surface area (Å²) in [5.74, 6) is 2.31. The lowest BCUT2D eigenvalue weighted by atomic mass is 10.0. The molecule has 0 saturated heterocycles. The van der Waals surface area contributed by atoms with Crippen LogP contribution in [0.5, 0.6) is 11.5 Å². The molecule has 1 aromatic rings. The molecule has 0 spiro atoms. The van der Waals surface area contributed by atoms with E-state index >= 15 is 0 Å². The molecule has 0 radical (unpaired) electrons. The van der Waals surface area contributed by atoms with Crippen LogP contribution in [0.15, 0.2) is 18.2 Å². The second kappa shape index (κ2) is 5.41. The van der Waals surface area contributed by atoms with Crippen molar-refractivity contribution in [3.05, 3.63) is 23.8 Å². The first-order valence-corrected chi connectivity index (χ1v) is 5.23.